The van der Waals surface area contributed by atoms with Gasteiger partial charge in [-0.15, -0.1) is 16.4 Å². The second kappa shape index (κ2) is 6.15. The molecule has 0 aliphatic heterocycles. The molecule has 0 aromatic carbocycles. The summed E-state index contributed by atoms with van der Waals surface area (Å²) >= 11 is 1.70. The molecular formula is C13H19N5OS. The van der Waals surface area contributed by atoms with Gasteiger partial charge in [0, 0.05) is 23.4 Å². The molecule has 7 heteroatoms. The van der Waals surface area contributed by atoms with E-state index in [1.807, 2.05) is 11.4 Å². The molecule has 0 atom stereocenters. The smallest absolute Gasteiger partial charge is 0.241 e. The van der Waals surface area contributed by atoms with Gasteiger partial charge in [-0.25, -0.2) is 4.68 Å². The van der Waals surface area contributed by atoms with E-state index < -0.39 is 0 Å². The van der Waals surface area contributed by atoms with Crippen molar-refractivity contribution in [3.05, 3.63) is 34.3 Å². The number of carbonyl (C=O) groups is 1. The monoisotopic (exact) mass is 293 g/mol. The number of nitrogens with two attached hydrogens (primary N) is 1. The van der Waals surface area contributed by atoms with Gasteiger partial charge in [-0.05, 0) is 11.4 Å². The number of rotatable bonds is 6. The maximum atomic E-state index is 11.9. The fourth-order valence-corrected chi connectivity index (χ4v) is 2.63. The number of hydrogen-bond acceptors (Lipinski definition) is 5. The van der Waals surface area contributed by atoms with Crippen LogP contribution in [0.1, 0.15) is 24.4 Å². The van der Waals surface area contributed by atoms with Crippen molar-refractivity contribution in [1.82, 2.24) is 20.3 Å². The molecular weight excluding hydrogens is 274 g/mol. The van der Waals surface area contributed by atoms with Crippen LogP contribution in [0.15, 0.2) is 23.7 Å². The maximum Gasteiger partial charge on any atom is 0.241 e. The van der Waals surface area contributed by atoms with Gasteiger partial charge in [0.15, 0.2) is 0 Å². The van der Waals surface area contributed by atoms with Crippen molar-refractivity contribution in [2.24, 2.45) is 5.73 Å². The number of aromatic nitrogens is 3. The molecule has 20 heavy (non-hydrogen) atoms. The number of amides is 1. The Kier molecular flexibility index (Phi) is 4.51. The van der Waals surface area contributed by atoms with Crippen LogP contribution in [-0.2, 0) is 23.3 Å². The number of nitrogens with one attached hydrogen (secondary N) is 1. The Morgan fingerprint density at radius 1 is 1.55 bits per heavy atom. The Morgan fingerprint density at radius 2 is 2.35 bits per heavy atom. The minimum absolute atomic E-state index is 0.0748. The first-order valence-electron chi connectivity index (χ1n) is 6.41. The standard InChI is InChI=1S/C13H19N5OS/c1-13(2,11-4-3-5-20-11)9-15-12(19)8-18-7-10(6-14)16-17-18/h3-5,7H,6,8-9,14H2,1-2H3,(H,15,19). The molecule has 3 N–H and O–H groups in total. The fourth-order valence-electron chi connectivity index (χ4n) is 1.78. The third-order valence-electron chi connectivity index (χ3n) is 3.02. The van der Waals surface area contributed by atoms with E-state index in [0.717, 1.165) is 0 Å². The van der Waals surface area contributed by atoms with Crippen molar-refractivity contribution in [2.75, 3.05) is 6.54 Å². The van der Waals surface area contributed by atoms with Crippen LogP contribution in [0, 0.1) is 0 Å². The summed E-state index contributed by atoms with van der Waals surface area (Å²) in [5.41, 5.74) is 6.05. The summed E-state index contributed by atoms with van der Waals surface area (Å²) in [5.74, 6) is -0.0805. The molecule has 2 aromatic rings. The second-order valence-electron chi connectivity index (χ2n) is 5.25. The third kappa shape index (κ3) is 3.64. The zero-order chi connectivity index (χ0) is 14.6. The molecule has 0 bridgehead atoms. The number of nitrogens with zero attached hydrogens (tertiary/aromatic N) is 3. The molecule has 2 rings (SSSR count). The molecule has 2 heterocycles. The molecule has 0 aliphatic rings. The summed E-state index contributed by atoms with van der Waals surface area (Å²) in [6.07, 6.45) is 1.68. The average molecular weight is 293 g/mol. The number of carbonyl (C=O) groups excluding carboxylic acids is 1. The third-order valence-corrected chi connectivity index (χ3v) is 4.25. The Labute approximate surface area is 122 Å². The van der Waals surface area contributed by atoms with Crippen LogP contribution in [-0.4, -0.2) is 27.4 Å². The second-order valence-corrected chi connectivity index (χ2v) is 6.20. The van der Waals surface area contributed by atoms with Gasteiger partial charge < -0.3 is 11.1 Å². The zero-order valence-electron chi connectivity index (χ0n) is 11.7. The van der Waals surface area contributed by atoms with Crippen LogP contribution >= 0.6 is 11.3 Å². The highest BCUT2D eigenvalue weighted by molar-refractivity contribution is 7.10. The van der Waals surface area contributed by atoms with Crippen molar-refractivity contribution in [3.63, 3.8) is 0 Å². The van der Waals surface area contributed by atoms with Crippen molar-refractivity contribution in [1.29, 1.82) is 0 Å². The van der Waals surface area contributed by atoms with Gasteiger partial charge in [0.2, 0.25) is 5.91 Å². The van der Waals surface area contributed by atoms with Crippen molar-refractivity contribution in [3.8, 4) is 0 Å². The van der Waals surface area contributed by atoms with Crippen LogP contribution in [0.3, 0.4) is 0 Å². The van der Waals surface area contributed by atoms with Crippen molar-refractivity contribution < 1.29 is 4.79 Å². The highest BCUT2D eigenvalue weighted by atomic mass is 32.1. The van der Waals surface area contributed by atoms with Crippen LogP contribution in [0.2, 0.25) is 0 Å². The van der Waals surface area contributed by atoms with E-state index in [1.54, 1.807) is 17.5 Å². The predicted molar refractivity (Wildman–Crippen MR) is 78.3 cm³/mol. The van der Waals surface area contributed by atoms with Gasteiger partial charge in [-0.1, -0.05) is 25.1 Å². The van der Waals surface area contributed by atoms with Gasteiger partial charge in [0.05, 0.1) is 11.9 Å². The first-order valence-corrected chi connectivity index (χ1v) is 7.29. The van der Waals surface area contributed by atoms with E-state index in [1.165, 1.54) is 9.56 Å². The quantitative estimate of drug-likeness (QED) is 0.828. The molecule has 0 unspecified atom stereocenters. The Hall–Kier alpha value is -1.73. The van der Waals surface area contributed by atoms with Gasteiger partial charge in [0.1, 0.15) is 6.54 Å². The minimum Gasteiger partial charge on any atom is -0.354 e. The molecule has 0 saturated carbocycles. The SMILES string of the molecule is CC(C)(CNC(=O)Cn1cc(CN)nn1)c1cccs1. The average Bonchev–Trinajstić information content (AvgIpc) is 3.07. The summed E-state index contributed by atoms with van der Waals surface area (Å²) < 4.78 is 1.50. The van der Waals surface area contributed by atoms with Crippen LogP contribution in [0.5, 0.6) is 0 Å². The predicted octanol–water partition coefficient (Wildman–Crippen LogP) is 0.892. The van der Waals surface area contributed by atoms with Crippen LogP contribution in [0.4, 0.5) is 0 Å². The molecule has 0 spiro atoms. The summed E-state index contributed by atoms with van der Waals surface area (Å²) in [5, 5.41) is 12.7. The lowest BCUT2D eigenvalue weighted by atomic mass is 9.91. The molecule has 1 amide bonds. The topological polar surface area (TPSA) is 85.8 Å². The first kappa shape index (κ1) is 14.7. The summed E-state index contributed by atoms with van der Waals surface area (Å²) in [6, 6.07) is 4.11. The minimum atomic E-state index is -0.0805. The highest BCUT2D eigenvalue weighted by Crippen LogP contribution is 2.26. The van der Waals surface area contributed by atoms with Gasteiger partial charge in [-0.3, -0.25) is 4.79 Å². The summed E-state index contributed by atoms with van der Waals surface area (Å²) in [4.78, 5) is 13.2. The molecule has 108 valence electrons. The van der Waals surface area contributed by atoms with Gasteiger partial charge in [-0.2, -0.15) is 0 Å². The lowest BCUT2D eigenvalue weighted by Crippen LogP contribution is -2.37. The lowest BCUT2D eigenvalue weighted by molar-refractivity contribution is -0.122. The Morgan fingerprint density at radius 3 is 2.95 bits per heavy atom. The molecule has 6 nitrogen and oxygen atoms in total. The van der Waals surface area contributed by atoms with Crippen LogP contribution < -0.4 is 11.1 Å². The largest absolute Gasteiger partial charge is 0.354 e. The Balaban J connectivity index is 1.86. The zero-order valence-corrected chi connectivity index (χ0v) is 12.5. The maximum absolute atomic E-state index is 11.9. The number of thiophene rings is 1. The van der Waals surface area contributed by atoms with E-state index in [9.17, 15) is 4.79 Å². The first-order chi connectivity index (χ1) is 9.51. The van der Waals surface area contributed by atoms with Crippen LogP contribution in [0.25, 0.3) is 0 Å². The summed E-state index contributed by atoms with van der Waals surface area (Å²) in [7, 11) is 0. The van der Waals surface area contributed by atoms with E-state index in [0.29, 0.717) is 18.8 Å². The van der Waals surface area contributed by atoms with Crippen molar-refractivity contribution in [2.45, 2.75) is 32.4 Å². The van der Waals surface area contributed by atoms with Crippen molar-refractivity contribution >= 4 is 17.2 Å². The van der Waals surface area contributed by atoms with Gasteiger partial charge >= 0.3 is 0 Å². The molecule has 0 aliphatic carbocycles. The van der Waals surface area contributed by atoms with E-state index in [2.05, 4.69) is 35.5 Å². The Bertz CT molecular complexity index is 561. The molecule has 0 fully saturated rings. The highest BCUT2D eigenvalue weighted by Gasteiger charge is 2.22. The molecule has 0 saturated heterocycles. The lowest BCUT2D eigenvalue weighted by Gasteiger charge is -2.23. The normalized spacial score (nSPS) is 11.6. The number of hydrogen-bond donors (Lipinski definition) is 2. The van der Waals surface area contributed by atoms with E-state index in [-0.39, 0.29) is 17.9 Å². The van der Waals surface area contributed by atoms with E-state index >= 15 is 0 Å². The summed E-state index contributed by atoms with van der Waals surface area (Å²) in [6.45, 7) is 5.30. The molecule has 0 radical (unpaired) electrons. The molecule has 2 aromatic heterocycles. The van der Waals surface area contributed by atoms with Gasteiger partial charge in [0.25, 0.3) is 0 Å². The fraction of sp³-hybridized carbons (Fsp3) is 0.462. The van der Waals surface area contributed by atoms with E-state index in [4.69, 9.17) is 5.73 Å².